The van der Waals surface area contributed by atoms with Gasteiger partial charge in [-0.3, -0.25) is 18.6 Å². The molecular weight excluding hydrogens is 1010 g/mol. The van der Waals surface area contributed by atoms with Gasteiger partial charge in [0.2, 0.25) is 0 Å². The molecule has 0 aliphatic rings. The quantitative estimate of drug-likeness (QED) is 0.0211. The van der Waals surface area contributed by atoms with Crippen LogP contribution in [0, 0.1) is 0 Å². The highest BCUT2D eigenvalue weighted by atomic mass is 31.2. The first-order valence-corrected chi connectivity index (χ1v) is 33.1. The monoisotopic (exact) mass is 1130 g/mol. The van der Waals surface area contributed by atoms with Gasteiger partial charge in [0.1, 0.15) is 19.8 Å². The van der Waals surface area contributed by atoms with E-state index >= 15 is 0 Å². The molecule has 2 unspecified atom stereocenters. The van der Waals surface area contributed by atoms with E-state index in [9.17, 15) is 19.0 Å². The molecule has 0 aliphatic heterocycles. The first-order valence-electron chi connectivity index (χ1n) is 31.6. The van der Waals surface area contributed by atoms with Gasteiger partial charge in [-0.25, -0.2) is 4.57 Å². The van der Waals surface area contributed by atoms with Crippen LogP contribution in [0.2, 0.25) is 0 Å². The summed E-state index contributed by atoms with van der Waals surface area (Å²) >= 11 is 0. The van der Waals surface area contributed by atoms with Gasteiger partial charge in [0.05, 0.1) is 27.7 Å². The zero-order chi connectivity index (χ0) is 58.4. The van der Waals surface area contributed by atoms with Crippen molar-refractivity contribution >= 4 is 19.8 Å². The fourth-order valence-corrected chi connectivity index (χ4v) is 8.76. The lowest BCUT2D eigenvalue weighted by Gasteiger charge is -2.24. The van der Waals surface area contributed by atoms with Crippen molar-refractivity contribution in [2.24, 2.45) is 0 Å². The minimum absolute atomic E-state index is 0.0206. The molecule has 0 saturated heterocycles. The summed E-state index contributed by atoms with van der Waals surface area (Å²) < 4.78 is 34.6. The number of unbranched alkanes of at least 4 members (excludes halogenated alkanes) is 18. The number of likely N-dealkylation sites (N-methyl/N-ethyl adjacent to an activating group) is 1. The third-order valence-corrected chi connectivity index (χ3v) is 13.8. The Morgan fingerprint density at radius 3 is 1.06 bits per heavy atom. The molecule has 1 N–H and O–H groups in total. The number of esters is 2. The van der Waals surface area contributed by atoms with Crippen LogP contribution in [-0.4, -0.2) is 74.9 Å². The van der Waals surface area contributed by atoms with Crippen molar-refractivity contribution in [3.05, 3.63) is 146 Å². The smallest absolute Gasteiger partial charge is 0.462 e. The summed E-state index contributed by atoms with van der Waals surface area (Å²) in [6, 6.07) is 0. The fraction of sp³-hybridized carbons (Fsp3) is 0.629. The lowest BCUT2D eigenvalue weighted by atomic mass is 10.1. The maximum atomic E-state index is 12.8. The molecule has 0 saturated carbocycles. The molecule has 0 aliphatic carbocycles. The van der Waals surface area contributed by atoms with Gasteiger partial charge >= 0.3 is 19.8 Å². The maximum absolute atomic E-state index is 12.8. The van der Waals surface area contributed by atoms with Crippen LogP contribution in [0.5, 0.6) is 0 Å². The minimum Gasteiger partial charge on any atom is -0.462 e. The molecule has 0 aromatic rings. The molecule has 0 amide bonds. The number of phosphoric ester groups is 1. The van der Waals surface area contributed by atoms with Gasteiger partial charge in [-0.05, 0) is 122 Å². The van der Waals surface area contributed by atoms with E-state index in [0.717, 1.165) is 128 Å². The van der Waals surface area contributed by atoms with Crippen LogP contribution in [0.25, 0.3) is 0 Å². The Labute approximate surface area is 491 Å². The summed E-state index contributed by atoms with van der Waals surface area (Å²) in [6.07, 6.45) is 87.8. The van der Waals surface area contributed by atoms with Crippen LogP contribution < -0.4 is 0 Å². The molecule has 0 heterocycles. The van der Waals surface area contributed by atoms with E-state index < -0.39 is 26.5 Å². The van der Waals surface area contributed by atoms with Crippen LogP contribution in [0.4, 0.5) is 0 Å². The fourth-order valence-electron chi connectivity index (χ4n) is 8.01. The highest BCUT2D eigenvalue weighted by Gasteiger charge is 2.27. The Hall–Kier alpha value is -4.11. The van der Waals surface area contributed by atoms with E-state index in [1.165, 1.54) is 70.6 Å². The SMILES string of the molecule is CC/C=C\C/C=C\C/C=C\C/C=C\C/C=C\C/C=C\C/C=C\C/C=C\C/C=C\CCCCCCCCCCCC(=O)OC(COC(=O)CCCCCCCC/C=C\C/C=C\C/C=C\CCCCC)COP(=O)(O)OCC[N+](C)(C)C. The number of phosphoric acid groups is 1. The molecule has 0 aromatic carbocycles. The first kappa shape index (κ1) is 75.9. The number of hydrogen-bond donors (Lipinski definition) is 1. The van der Waals surface area contributed by atoms with Crippen molar-refractivity contribution in [2.45, 2.75) is 238 Å². The molecule has 10 heteroatoms. The summed E-state index contributed by atoms with van der Waals surface area (Å²) in [5, 5.41) is 0. The molecule has 0 bridgehead atoms. The average molecular weight is 1130 g/mol. The minimum atomic E-state index is -4.40. The van der Waals surface area contributed by atoms with Crippen molar-refractivity contribution < 1.29 is 42.1 Å². The van der Waals surface area contributed by atoms with E-state index in [-0.39, 0.29) is 32.0 Å². The van der Waals surface area contributed by atoms with Crippen LogP contribution in [0.1, 0.15) is 232 Å². The highest BCUT2D eigenvalue weighted by Crippen LogP contribution is 2.43. The van der Waals surface area contributed by atoms with Gasteiger partial charge in [-0.1, -0.05) is 243 Å². The summed E-state index contributed by atoms with van der Waals surface area (Å²) in [7, 11) is 1.45. The van der Waals surface area contributed by atoms with Crippen LogP contribution >= 0.6 is 7.82 Å². The normalized spacial score (nSPS) is 14.2. The summed E-state index contributed by atoms with van der Waals surface area (Å²) in [4.78, 5) is 35.7. The van der Waals surface area contributed by atoms with E-state index in [1.54, 1.807) is 0 Å². The highest BCUT2D eigenvalue weighted by molar-refractivity contribution is 7.47. The molecule has 80 heavy (non-hydrogen) atoms. The molecule has 2 atom stereocenters. The van der Waals surface area contributed by atoms with Gasteiger partial charge in [-0.2, -0.15) is 0 Å². The van der Waals surface area contributed by atoms with Crippen molar-refractivity contribution in [1.82, 2.24) is 0 Å². The number of carbonyl (C=O) groups excluding carboxylic acids is 2. The maximum Gasteiger partial charge on any atom is 0.472 e. The van der Waals surface area contributed by atoms with E-state index in [4.69, 9.17) is 18.5 Å². The summed E-state index contributed by atoms with van der Waals surface area (Å²) in [5.74, 6) is -0.827. The second-order valence-electron chi connectivity index (χ2n) is 21.7. The molecule has 0 aromatic heterocycles. The van der Waals surface area contributed by atoms with Gasteiger partial charge in [-0.15, -0.1) is 0 Å². The third-order valence-electron chi connectivity index (χ3n) is 12.9. The van der Waals surface area contributed by atoms with Crippen LogP contribution in [0.3, 0.4) is 0 Å². The number of nitrogens with zero attached hydrogens (tertiary/aromatic N) is 1. The first-order chi connectivity index (χ1) is 39.0. The van der Waals surface area contributed by atoms with E-state index in [2.05, 4.69) is 160 Å². The summed E-state index contributed by atoms with van der Waals surface area (Å²) in [5.41, 5.74) is 0. The molecule has 9 nitrogen and oxygen atoms in total. The predicted molar refractivity (Wildman–Crippen MR) is 343 cm³/mol. The zero-order valence-electron chi connectivity index (χ0n) is 51.5. The standard InChI is InChI=1S/C70H116NO8P/c1-6-8-10-12-14-16-18-20-22-24-26-27-28-29-30-31-32-33-34-35-36-37-38-39-40-41-42-43-45-47-49-51-53-55-57-59-61-63-70(73)79-68(67-78-80(74,75)77-65-64-71(3,4)5)66-76-69(72)62-60-58-56-54-52-50-48-46-44-25-23-21-19-17-15-13-11-9-7-2/h8,10,14-17,20-23,26-27,29-30,32-33,35-36,38-39,41-42,44,46,68H,6-7,9,11-13,18-19,24-25,28,31,34,37,40,43,45,47-67H2,1-5H3/p+1/b10-8-,16-14-,17-15-,22-20-,23-21-,27-26-,30-29-,33-32-,36-35-,39-38-,42-41-,46-44-. The molecule has 0 rings (SSSR count). The Bertz CT molecular complexity index is 1860. The van der Waals surface area contributed by atoms with Crippen LogP contribution in [-0.2, 0) is 32.7 Å². The Morgan fingerprint density at radius 2 is 0.713 bits per heavy atom. The molecule has 0 radical (unpaired) electrons. The second-order valence-corrected chi connectivity index (χ2v) is 23.2. The number of allylic oxidation sites excluding steroid dienone is 24. The van der Waals surface area contributed by atoms with Crippen molar-refractivity contribution in [3.63, 3.8) is 0 Å². The molecule has 454 valence electrons. The van der Waals surface area contributed by atoms with Gasteiger partial charge in [0.15, 0.2) is 6.10 Å². The number of rotatable bonds is 56. The molecular formula is C70H117NO8P+. The lowest BCUT2D eigenvalue weighted by molar-refractivity contribution is -0.870. The van der Waals surface area contributed by atoms with Crippen molar-refractivity contribution in [2.75, 3.05) is 47.5 Å². The zero-order valence-corrected chi connectivity index (χ0v) is 52.4. The van der Waals surface area contributed by atoms with E-state index in [0.29, 0.717) is 17.4 Å². The second kappa shape index (κ2) is 59.5. The van der Waals surface area contributed by atoms with Gasteiger partial charge in [0, 0.05) is 12.8 Å². The largest absolute Gasteiger partial charge is 0.472 e. The van der Waals surface area contributed by atoms with Crippen molar-refractivity contribution in [1.29, 1.82) is 0 Å². The molecule has 0 fully saturated rings. The topological polar surface area (TPSA) is 108 Å². The predicted octanol–water partition coefficient (Wildman–Crippen LogP) is 20.3. The average Bonchev–Trinajstić information content (AvgIpc) is 3.42. The van der Waals surface area contributed by atoms with Crippen LogP contribution in [0.15, 0.2) is 146 Å². The Morgan fingerprint density at radius 1 is 0.400 bits per heavy atom. The Balaban J connectivity index is 4.17. The number of quaternary nitrogens is 1. The van der Waals surface area contributed by atoms with Gasteiger partial charge in [0.25, 0.3) is 0 Å². The number of carbonyl (C=O) groups is 2. The number of hydrogen-bond acceptors (Lipinski definition) is 7. The lowest BCUT2D eigenvalue weighted by Crippen LogP contribution is -2.37. The van der Waals surface area contributed by atoms with Gasteiger partial charge < -0.3 is 18.9 Å². The summed E-state index contributed by atoms with van der Waals surface area (Å²) in [6.45, 7) is 4.25. The third kappa shape index (κ3) is 63.1. The van der Waals surface area contributed by atoms with E-state index in [1.807, 2.05) is 21.1 Å². The number of ether oxygens (including phenoxy) is 2. The molecule has 0 spiro atoms. The van der Waals surface area contributed by atoms with Crippen molar-refractivity contribution in [3.8, 4) is 0 Å². The Kier molecular flexibility index (Phi) is 56.5.